The van der Waals surface area contributed by atoms with E-state index < -0.39 is 0 Å². The molecule has 2 rings (SSSR count). The van der Waals surface area contributed by atoms with Gasteiger partial charge in [-0.25, -0.2) is 0 Å². The van der Waals surface area contributed by atoms with Crippen LogP contribution in [-0.4, -0.2) is 16.0 Å². The summed E-state index contributed by atoms with van der Waals surface area (Å²) in [6.07, 6.45) is 3.36. The molecule has 6 heteroatoms. The summed E-state index contributed by atoms with van der Waals surface area (Å²) in [7, 11) is 0. The molecule has 2 aromatic rings. The van der Waals surface area contributed by atoms with E-state index >= 15 is 0 Å². The van der Waals surface area contributed by atoms with Crippen LogP contribution in [0.4, 0.5) is 0 Å². The molecule has 0 aliphatic heterocycles. The van der Waals surface area contributed by atoms with Crippen LogP contribution in [0.2, 0.25) is 5.02 Å². The number of nitrogens with two attached hydrogens (primary N) is 1. The van der Waals surface area contributed by atoms with E-state index in [1.165, 1.54) is 0 Å². The minimum atomic E-state index is -0.0265. The zero-order valence-electron chi connectivity index (χ0n) is 9.95. The Hall–Kier alpha value is -2.27. The van der Waals surface area contributed by atoms with Crippen molar-refractivity contribution in [3.8, 4) is 5.75 Å². The molecular formula is C13H12ClN3O2. The molecule has 0 spiro atoms. The molecule has 0 saturated heterocycles. The van der Waals surface area contributed by atoms with Gasteiger partial charge in [-0.15, -0.1) is 0 Å². The predicted molar refractivity (Wildman–Crippen MR) is 72.5 cm³/mol. The quantitative estimate of drug-likeness (QED) is 0.389. The summed E-state index contributed by atoms with van der Waals surface area (Å²) in [5, 5.41) is 12.2. The van der Waals surface area contributed by atoms with Crippen LogP contribution in [0, 0.1) is 0 Å². The topological polar surface area (TPSA) is 80.7 Å². The van der Waals surface area contributed by atoms with Gasteiger partial charge in [-0.3, -0.25) is 4.98 Å². The Morgan fingerprint density at radius 1 is 1.32 bits per heavy atom. The van der Waals surface area contributed by atoms with E-state index in [1.807, 2.05) is 12.1 Å². The first-order valence-electron chi connectivity index (χ1n) is 5.50. The van der Waals surface area contributed by atoms with E-state index in [0.717, 1.165) is 5.56 Å². The van der Waals surface area contributed by atoms with Gasteiger partial charge in [-0.05, 0) is 35.9 Å². The Morgan fingerprint density at radius 3 is 2.74 bits per heavy atom. The second-order valence-electron chi connectivity index (χ2n) is 3.77. The molecule has 0 aliphatic rings. The largest absolute Gasteiger partial charge is 0.488 e. The number of nitrogens with zero attached hydrogens (tertiary/aromatic N) is 2. The van der Waals surface area contributed by atoms with Gasteiger partial charge in [-0.1, -0.05) is 16.8 Å². The summed E-state index contributed by atoms with van der Waals surface area (Å²) in [5.74, 6) is 0.431. The number of rotatable bonds is 4. The molecule has 0 bridgehead atoms. The van der Waals surface area contributed by atoms with E-state index in [9.17, 15) is 0 Å². The summed E-state index contributed by atoms with van der Waals surface area (Å²) in [6.45, 7) is 0.342. The molecule has 19 heavy (non-hydrogen) atoms. The average Bonchev–Trinajstić information content (AvgIpc) is 2.45. The highest BCUT2D eigenvalue weighted by Gasteiger charge is 2.09. The highest BCUT2D eigenvalue weighted by molar-refractivity contribution is 6.30. The Labute approximate surface area is 115 Å². The third kappa shape index (κ3) is 3.35. The zero-order chi connectivity index (χ0) is 13.7. The van der Waals surface area contributed by atoms with Crippen molar-refractivity contribution in [3.05, 3.63) is 58.9 Å². The minimum Gasteiger partial charge on any atom is -0.488 e. The molecule has 0 aliphatic carbocycles. The number of aromatic nitrogens is 1. The van der Waals surface area contributed by atoms with Crippen LogP contribution in [-0.2, 0) is 6.61 Å². The second kappa shape index (κ2) is 6.06. The number of pyridine rings is 1. The van der Waals surface area contributed by atoms with Gasteiger partial charge in [0.15, 0.2) is 5.84 Å². The molecule has 1 heterocycles. The highest BCUT2D eigenvalue weighted by atomic mass is 35.5. The van der Waals surface area contributed by atoms with Crippen molar-refractivity contribution < 1.29 is 9.94 Å². The van der Waals surface area contributed by atoms with Crippen LogP contribution in [0.25, 0.3) is 0 Å². The molecule has 0 amide bonds. The van der Waals surface area contributed by atoms with Crippen molar-refractivity contribution in [1.29, 1.82) is 0 Å². The number of hydrogen-bond acceptors (Lipinski definition) is 4. The summed E-state index contributed by atoms with van der Waals surface area (Å²) in [5.41, 5.74) is 7.03. The van der Waals surface area contributed by atoms with Crippen LogP contribution < -0.4 is 10.5 Å². The maximum Gasteiger partial charge on any atom is 0.173 e. The molecule has 3 N–H and O–H groups in total. The van der Waals surface area contributed by atoms with Crippen molar-refractivity contribution >= 4 is 17.4 Å². The fourth-order valence-corrected chi connectivity index (χ4v) is 1.68. The Kier molecular flexibility index (Phi) is 4.20. The first kappa shape index (κ1) is 13.2. The van der Waals surface area contributed by atoms with Gasteiger partial charge in [0.1, 0.15) is 12.4 Å². The first-order valence-corrected chi connectivity index (χ1v) is 5.87. The minimum absolute atomic E-state index is 0.0265. The van der Waals surface area contributed by atoms with Crippen LogP contribution in [0.1, 0.15) is 11.1 Å². The molecule has 0 unspecified atom stereocenters. The van der Waals surface area contributed by atoms with Crippen LogP contribution >= 0.6 is 11.6 Å². The summed E-state index contributed by atoms with van der Waals surface area (Å²) in [4.78, 5) is 3.92. The monoisotopic (exact) mass is 277 g/mol. The number of halogens is 1. The average molecular weight is 278 g/mol. The second-order valence-corrected chi connectivity index (χ2v) is 4.21. The van der Waals surface area contributed by atoms with E-state index in [1.54, 1.807) is 30.6 Å². The van der Waals surface area contributed by atoms with Gasteiger partial charge >= 0.3 is 0 Å². The van der Waals surface area contributed by atoms with Crippen LogP contribution in [0.3, 0.4) is 0 Å². The Morgan fingerprint density at radius 2 is 2.05 bits per heavy atom. The van der Waals surface area contributed by atoms with Crippen LogP contribution in [0.5, 0.6) is 5.75 Å². The SMILES string of the molecule is N/C(=N/O)c1ccc(Cl)cc1OCc1ccncc1. The lowest BCUT2D eigenvalue weighted by Gasteiger charge is -2.11. The number of oxime groups is 1. The molecule has 1 aromatic carbocycles. The van der Waals surface area contributed by atoms with Crippen molar-refractivity contribution in [3.63, 3.8) is 0 Å². The van der Waals surface area contributed by atoms with Crippen molar-refractivity contribution in [2.24, 2.45) is 10.9 Å². The number of amidine groups is 1. The van der Waals surface area contributed by atoms with E-state index in [2.05, 4.69) is 10.1 Å². The maximum atomic E-state index is 8.73. The first-order chi connectivity index (χ1) is 9.20. The lowest BCUT2D eigenvalue weighted by atomic mass is 10.2. The lowest BCUT2D eigenvalue weighted by molar-refractivity contribution is 0.303. The molecule has 0 saturated carbocycles. The number of hydrogen-bond donors (Lipinski definition) is 2. The van der Waals surface area contributed by atoms with Gasteiger partial charge in [0.2, 0.25) is 0 Å². The lowest BCUT2D eigenvalue weighted by Crippen LogP contribution is -2.14. The van der Waals surface area contributed by atoms with E-state index in [-0.39, 0.29) is 5.84 Å². The third-order valence-corrected chi connectivity index (χ3v) is 2.71. The van der Waals surface area contributed by atoms with Gasteiger partial charge in [-0.2, -0.15) is 0 Å². The Bertz CT molecular complexity index is 588. The molecule has 1 aromatic heterocycles. The fraction of sp³-hybridized carbons (Fsp3) is 0.0769. The normalized spacial score (nSPS) is 11.3. The predicted octanol–water partition coefficient (Wildman–Crippen LogP) is 2.41. The summed E-state index contributed by atoms with van der Waals surface area (Å²) >= 11 is 5.91. The fourth-order valence-electron chi connectivity index (χ4n) is 1.52. The van der Waals surface area contributed by atoms with Crippen LogP contribution in [0.15, 0.2) is 47.9 Å². The molecule has 0 atom stereocenters. The standard InChI is InChI=1S/C13H12ClN3O2/c14-10-1-2-11(13(15)17-18)12(7-10)19-8-9-3-5-16-6-4-9/h1-7,18H,8H2,(H2,15,17). The summed E-state index contributed by atoms with van der Waals surface area (Å²) < 4.78 is 5.64. The molecule has 0 radical (unpaired) electrons. The third-order valence-electron chi connectivity index (χ3n) is 2.47. The van der Waals surface area contributed by atoms with Gasteiger partial charge in [0, 0.05) is 17.4 Å². The van der Waals surface area contributed by atoms with Gasteiger partial charge in [0.05, 0.1) is 5.56 Å². The molecule has 0 fully saturated rings. The highest BCUT2D eigenvalue weighted by Crippen LogP contribution is 2.24. The Balaban J connectivity index is 2.21. The number of benzene rings is 1. The smallest absolute Gasteiger partial charge is 0.173 e. The molecule has 98 valence electrons. The van der Waals surface area contributed by atoms with E-state index in [0.29, 0.717) is 22.9 Å². The maximum absolute atomic E-state index is 8.73. The van der Waals surface area contributed by atoms with Crippen molar-refractivity contribution in [1.82, 2.24) is 4.98 Å². The summed E-state index contributed by atoms with van der Waals surface area (Å²) in [6, 6.07) is 8.59. The molecule has 5 nitrogen and oxygen atoms in total. The van der Waals surface area contributed by atoms with Gasteiger partial charge in [0.25, 0.3) is 0 Å². The van der Waals surface area contributed by atoms with Crippen molar-refractivity contribution in [2.75, 3.05) is 0 Å². The van der Waals surface area contributed by atoms with Crippen molar-refractivity contribution in [2.45, 2.75) is 6.61 Å². The van der Waals surface area contributed by atoms with Gasteiger partial charge < -0.3 is 15.7 Å². The molecular weight excluding hydrogens is 266 g/mol. The zero-order valence-corrected chi connectivity index (χ0v) is 10.7. The van der Waals surface area contributed by atoms with E-state index in [4.69, 9.17) is 27.3 Å². The number of ether oxygens (including phenoxy) is 1.